The van der Waals surface area contributed by atoms with Crippen molar-refractivity contribution in [2.75, 3.05) is 12.4 Å². The van der Waals surface area contributed by atoms with Crippen molar-refractivity contribution >= 4 is 27.5 Å². The largest absolute Gasteiger partial charge is 0.345 e. The van der Waals surface area contributed by atoms with Gasteiger partial charge in [0.25, 0.3) is 5.91 Å². The first-order valence-corrected chi connectivity index (χ1v) is 11.1. The van der Waals surface area contributed by atoms with Crippen LogP contribution in [0.5, 0.6) is 0 Å². The second-order valence-electron chi connectivity index (χ2n) is 7.32. The zero-order valence-corrected chi connectivity index (χ0v) is 18.2. The van der Waals surface area contributed by atoms with E-state index >= 15 is 0 Å². The number of aromatic nitrogens is 2. The molecule has 0 spiro atoms. The smallest absolute Gasteiger partial charge is 0.318 e. The minimum absolute atomic E-state index is 0.0677. The monoisotopic (exact) mass is 453 g/mol. The van der Waals surface area contributed by atoms with Gasteiger partial charge in [0, 0.05) is 18.8 Å². The number of amides is 1. The summed E-state index contributed by atoms with van der Waals surface area (Å²) in [7, 11) is -2.78. The number of carbonyl (C=O) groups excluding carboxylic acids is 1. The number of rotatable bonds is 5. The molecule has 0 fully saturated rings. The van der Waals surface area contributed by atoms with Crippen LogP contribution in [0.15, 0.2) is 77.1 Å². The lowest BCUT2D eigenvalue weighted by Crippen LogP contribution is -2.35. The van der Waals surface area contributed by atoms with E-state index in [0.29, 0.717) is 17.8 Å². The van der Waals surface area contributed by atoms with Crippen LogP contribution in [0.3, 0.4) is 0 Å². The number of likely N-dealkylation sites (N-methyl/N-ethyl adjacent to an activating group) is 1. The average molecular weight is 453 g/mol. The van der Waals surface area contributed by atoms with Crippen LogP contribution < -0.4 is 5.32 Å². The van der Waals surface area contributed by atoms with E-state index in [1.165, 1.54) is 31.5 Å². The second-order valence-corrected chi connectivity index (χ2v) is 8.95. The molecule has 1 aliphatic rings. The highest BCUT2D eigenvalue weighted by Gasteiger charge is 2.30. The topological polar surface area (TPSA) is 96.7 Å². The fraction of sp³-hybridized carbons (Fsp3) is 0.136. The van der Waals surface area contributed by atoms with Crippen molar-refractivity contribution in [1.82, 2.24) is 14.1 Å². The third kappa shape index (κ3) is 4.59. The Morgan fingerprint density at radius 3 is 2.47 bits per heavy atom. The lowest BCUT2D eigenvalue weighted by atomic mass is 10.1. The standard InChI is InChI=1S/C22H20FN5O3S/c1-15-3-7-17(8-4-15)20-11-21(27(2)32(30,31)26-20)22(29)25-19-12-24-28(14-19)13-16-5-9-18(23)10-6-16/h3-12,14H,13H2,1-2H3,(H,25,29). The first kappa shape index (κ1) is 21.4. The van der Waals surface area contributed by atoms with Crippen molar-refractivity contribution in [3.05, 3.63) is 95.2 Å². The van der Waals surface area contributed by atoms with Gasteiger partial charge in [-0.3, -0.25) is 9.48 Å². The fourth-order valence-corrected chi connectivity index (χ4v) is 4.03. The molecule has 0 saturated heterocycles. The van der Waals surface area contributed by atoms with E-state index in [1.807, 2.05) is 19.1 Å². The number of allylic oxidation sites excluding steroid dienone is 1. The number of benzene rings is 2. The van der Waals surface area contributed by atoms with Gasteiger partial charge in [0.2, 0.25) is 0 Å². The number of aryl methyl sites for hydroxylation is 1. The van der Waals surface area contributed by atoms with Crippen LogP contribution in [-0.4, -0.2) is 41.2 Å². The molecule has 1 N–H and O–H groups in total. The van der Waals surface area contributed by atoms with Crippen molar-refractivity contribution in [3.63, 3.8) is 0 Å². The van der Waals surface area contributed by atoms with Crippen molar-refractivity contribution in [1.29, 1.82) is 0 Å². The molecule has 164 valence electrons. The number of nitrogens with one attached hydrogen (secondary N) is 1. The summed E-state index contributed by atoms with van der Waals surface area (Å²) in [6.07, 6.45) is 4.49. The molecule has 0 unspecified atom stereocenters. The van der Waals surface area contributed by atoms with Gasteiger partial charge in [-0.05, 0) is 30.7 Å². The van der Waals surface area contributed by atoms with E-state index < -0.39 is 16.1 Å². The first-order valence-electron chi connectivity index (χ1n) is 9.67. The van der Waals surface area contributed by atoms with Crippen LogP contribution >= 0.6 is 0 Å². The lowest BCUT2D eigenvalue weighted by Gasteiger charge is -2.23. The van der Waals surface area contributed by atoms with E-state index in [4.69, 9.17) is 0 Å². The van der Waals surface area contributed by atoms with Crippen molar-refractivity contribution < 1.29 is 17.6 Å². The van der Waals surface area contributed by atoms with Gasteiger partial charge in [0.1, 0.15) is 11.5 Å². The quantitative estimate of drug-likeness (QED) is 0.643. The molecular formula is C22H20FN5O3S. The highest BCUT2D eigenvalue weighted by molar-refractivity contribution is 7.88. The van der Waals surface area contributed by atoms with Crippen LogP contribution in [0.4, 0.5) is 10.1 Å². The zero-order valence-electron chi connectivity index (χ0n) is 17.4. The molecule has 0 atom stereocenters. The molecular weight excluding hydrogens is 433 g/mol. The second kappa shape index (κ2) is 8.39. The number of hydrogen-bond acceptors (Lipinski definition) is 4. The molecule has 0 aliphatic carbocycles. The minimum Gasteiger partial charge on any atom is -0.318 e. The van der Waals surface area contributed by atoms with E-state index in [1.54, 1.807) is 35.1 Å². The van der Waals surface area contributed by atoms with Gasteiger partial charge in [-0.1, -0.05) is 42.0 Å². The maximum absolute atomic E-state index is 13.1. The highest BCUT2D eigenvalue weighted by Crippen LogP contribution is 2.21. The molecule has 2 heterocycles. The summed E-state index contributed by atoms with van der Waals surface area (Å²) >= 11 is 0. The predicted octanol–water partition coefficient (Wildman–Crippen LogP) is 2.88. The van der Waals surface area contributed by atoms with Gasteiger partial charge in [-0.15, -0.1) is 4.40 Å². The number of anilines is 1. The Morgan fingerprint density at radius 2 is 1.78 bits per heavy atom. The van der Waals surface area contributed by atoms with Gasteiger partial charge >= 0.3 is 10.2 Å². The third-order valence-electron chi connectivity index (χ3n) is 4.90. The predicted molar refractivity (Wildman–Crippen MR) is 119 cm³/mol. The number of carbonyl (C=O) groups is 1. The van der Waals surface area contributed by atoms with Crippen molar-refractivity contribution in [3.8, 4) is 0 Å². The molecule has 1 aliphatic heterocycles. The van der Waals surface area contributed by atoms with Crippen LogP contribution in [0.2, 0.25) is 0 Å². The molecule has 8 nitrogen and oxygen atoms in total. The van der Waals surface area contributed by atoms with Crippen molar-refractivity contribution in [2.45, 2.75) is 13.5 Å². The van der Waals surface area contributed by atoms with Crippen LogP contribution in [-0.2, 0) is 21.5 Å². The van der Waals surface area contributed by atoms with Gasteiger partial charge < -0.3 is 5.32 Å². The van der Waals surface area contributed by atoms with E-state index in [9.17, 15) is 17.6 Å². The Balaban J connectivity index is 1.54. The molecule has 0 saturated carbocycles. The van der Waals surface area contributed by atoms with Gasteiger partial charge in [0.15, 0.2) is 0 Å². The van der Waals surface area contributed by atoms with Gasteiger partial charge in [0.05, 0.1) is 24.1 Å². The zero-order chi connectivity index (χ0) is 22.9. The normalized spacial score (nSPS) is 15.2. The molecule has 2 aromatic carbocycles. The summed E-state index contributed by atoms with van der Waals surface area (Å²) in [4.78, 5) is 12.9. The van der Waals surface area contributed by atoms with E-state index in [0.717, 1.165) is 15.4 Å². The summed E-state index contributed by atoms with van der Waals surface area (Å²) in [5.41, 5.74) is 2.95. The lowest BCUT2D eigenvalue weighted by molar-refractivity contribution is -0.113. The molecule has 0 radical (unpaired) electrons. The molecule has 0 bridgehead atoms. The van der Waals surface area contributed by atoms with E-state index in [2.05, 4.69) is 14.8 Å². The summed E-state index contributed by atoms with van der Waals surface area (Å²) in [5, 5.41) is 6.85. The maximum atomic E-state index is 13.1. The van der Waals surface area contributed by atoms with E-state index in [-0.39, 0.29) is 17.2 Å². The van der Waals surface area contributed by atoms with Gasteiger partial charge in [-0.2, -0.15) is 13.5 Å². The summed E-state index contributed by atoms with van der Waals surface area (Å²) in [6.45, 7) is 2.30. The summed E-state index contributed by atoms with van der Waals surface area (Å²) < 4.78 is 44.3. The van der Waals surface area contributed by atoms with Gasteiger partial charge in [-0.25, -0.2) is 8.70 Å². The molecule has 32 heavy (non-hydrogen) atoms. The maximum Gasteiger partial charge on any atom is 0.345 e. The molecule has 10 heteroatoms. The first-order chi connectivity index (χ1) is 15.2. The van der Waals surface area contributed by atoms with Crippen molar-refractivity contribution in [2.24, 2.45) is 4.40 Å². The SMILES string of the molecule is Cc1ccc(C2=NS(=O)(=O)N(C)C(C(=O)Nc3cnn(Cc4ccc(F)cc4)c3)=C2)cc1. The number of nitrogens with zero attached hydrogens (tertiary/aromatic N) is 4. The van der Waals surface area contributed by atoms with Crippen LogP contribution in [0.1, 0.15) is 16.7 Å². The van der Waals surface area contributed by atoms with Crippen LogP contribution in [0, 0.1) is 12.7 Å². The third-order valence-corrected chi connectivity index (χ3v) is 6.22. The number of hydrogen-bond donors (Lipinski definition) is 1. The summed E-state index contributed by atoms with van der Waals surface area (Å²) in [6, 6.07) is 13.2. The number of halogens is 1. The average Bonchev–Trinajstić information content (AvgIpc) is 3.18. The summed E-state index contributed by atoms with van der Waals surface area (Å²) in [5.74, 6) is -0.938. The Hall–Kier alpha value is -3.79. The molecule has 1 amide bonds. The highest BCUT2D eigenvalue weighted by atomic mass is 32.2. The molecule has 4 rings (SSSR count). The fourth-order valence-electron chi connectivity index (χ4n) is 3.11. The Bertz CT molecular complexity index is 1330. The molecule has 3 aromatic rings. The molecule has 1 aromatic heterocycles. The van der Waals surface area contributed by atoms with Crippen LogP contribution in [0.25, 0.3) is 0 Å². The Kier molecular flexibility index (Phi) is 5.62. The minimum atomic E-state index is -4.05. The Labute approximate surface area is 184 Å². The Morgan fingerprint density at radius 1 is 1.09 bits per heavy atom.